The Hall–Kier alpha value is -2.17. The largest absolute Gasteiger partial charge is 0.481 e. The van der Waals surface area contributed by atoms with Crippen molar-refractivity contribution in [3.63, 3.8) is 0 Å². The lowest BCUT2D eigenvalue weighted by molar-refractivity contribution is -0.136. The maximum atomic E-state index is 12.9. The molecule has 0 bridgehead atoms. The van der Waals surface area contributed by atoms with Crippen LogP contribution in [-0.4, -0.2) is 11.1 Å². The molecule has 1 aromatic carbocycles. The molecule has 0 spiro atoms. The molecule has 0 amide bonds. The van der Waals surface area contributed by atoms with E-state index in [0.717, 1.165) is 6.07 Å². The van der Waals surface area contributed by atoms with Crippen LogP contribution in [0, 0.1) is 5.82 Å². The predicted octanol–water partition coefficient (Wildman–Crippen LogP) is 1.95. The number of halogens is 1. The molecule has 17 heavy (non-hydrogen) atoms. The lowest BCUT2D eigenvalue weighted by Gasteiger charge is -2.00. The lowest BCUT2D eigenvalue weighted by atomic mass is 10.1. The summed E-state index contributed by atoms with van der Waals surface area (Å²) in [5.41, 5.74) is 0.132. The van der Waals surface area contributed by atoms with Crippen molar-refractivity contribution in [2.75, 3.05) is 0 Å². The number of carbonyl (C=O) groups is 1. The van der Waals surface area contributed by atoms with Gasteiger partial charge in [0.2, 0.25) is 0 Å². The van der Waals surface area contributed by atoms with Gasteiger partial charge in [-0.25, -0.2) is 4.39 Å². The Bertz CT molecular complexity index is 630. The Morgan fingerprint density at radius 1 is 1.41 bits per heavy atom. The van der Waals surface area contributed by atoms with Crippen molar-refractivity contribution in [2.24, 2.45) is 0 Å². The number of aliphatic carboxylic acids is 1. The van der Waals surface area contributed by atoms with Crippen LogP contribution in [0.2, 0.25) is 0 Å². The van der Waals surface area contributed by atoms with Crippen molar-refractivity contribution in [2.45, 2.75) is 12.8 Å². The molecule has 1 N–H and O–H groups in total. The van der Waals surface area contributed by atoms with Gasteiger partial charge >= 0.3 is 5.97 Å². The van der Waals surface area contributed by atoms with Gasteiger partial charge in [-0.05, 0) is 18.6 Å². The van der Waals surface area contributed by atoms with Crippen LogP contribution in [0.25, 0.3) is 11.0 Å². The van der Waals surface area contributed by atoms with Crippen LogP contribution in [-0.2, 0) is 11.2 Å². The second-order valence-corrected chi connectivity index (χ2v) is 3.62. The maximum absolute atomic E-state index is 12.9. The summed E-state index contributed by atoms with van der Waals surface area (Å²) in [6.07, 6.45) is 1.15. The number of hydrogen-bond acceptors (Lipinski definition) is 3. The number of benzene rings is 1. The molecule has 0 radical (unpaired) electrons. The second-order valence-electron chi connectivity index (χ2n) is 3.62. The number of hydrogen-bond donors (Lipinski definition) is 1. The number of aryl methyl sites for hydroxylation is 1. The predicted molar refractivity (Wildman–Crippen MR) is 58.4 cm³/mol. The van der Waals surface area contributed by atoms with Crippen LogP contribution in [0.5, 0.6) is 0 Å². The van der Waals surface area contributed by atoms with Gasteiger partial charge in [-0.3, -0.25) is 9.59 Å². The topological polar surface area (TPSA) is 67.5 Å². The average molecular weight is 236 g/mol. The van der Waals surface area contributed by atoms with Crippen molar-refractivity contribution >= 4 is 16.9 Å². The monoisotopic (exact) mass is 236 g/mol. The fourth-order valence-electron chi connectivity index (χ4n) is 1.56. The van der Waals surface area contributed by atoms with Crippen LogP contribution in [0.3, 0.4) is 0 Å². The minimum atomic E-state index is -0.983. The van der Waals surface area contributed by atoms with Crippen molar-refractivity contribution in [3.05, 3.63) is 46.1 Å². The van der Waals surface area contributed by atoms with Crippen molar-refractivity contribution < 1.29 is 18.7 Å². The van der Waals surface area contributed by atoms with Crippen LogP contribution in [0.15, 0.2) is 33.7 Å². The highest BCUT2D eigenvalue weighted by Gasteiger charge is 2.09. The van der Waals surface area contributed by atoms with Crippen LogP contribution < -0.4 is 5.43 Å². The van der Waals surface area contributed by atoms with E-state index in [1.165, 1.54) is 18.4 Å². The van der Waals surface area contributed by atoms with Gasteiger partial charge in [0, 0.05) is 18.1 Å². The molecule has 4 nitrogen and oxygen atoms in total. The summed E-state index contributed by atoms with van der Waals surface area (Å²) in [4.78, 5) is 22.3. The van der Waals surface area contributed by atoms with Gasteiger partial charge in [-0.1, -0.05) is 0 Å². The Morgan fingerprint density at radius 3 is 2.88 bits per heavy atom. The molecule has 0 aliphatic rings. The van der Waals surface area contributed by atoms with E-state index in [1.807, 2.05) is 0 Å². The number of carboxylic acids is 1. The van der Waals surface area contributed by atoms with Gasteiger partial charge in [-0.2, -0.15) is 0 Å². The molecule has 0 unspecified atom stereocenters. The summed E-state index contributed by atoms with van der Waals surface area (Å²) < 4.78 is 18.0. The summed E-state index contributed by atoms with van der Waals surface area (Å²) in [5.74, 6) is -1.47. The summed E-state index contributed by atoms with van der Waals surface area (Å²) in [5, 5.41) is 8.79. The third kappa shape index (κ3) is 2.33. The quantitative estimate of drug-likeness (QED) is 0.884. The van der Waals surface area contributed by atoms with Gasteiger partial charge in [0.25, 0.3) is 0 Å². The Labute approximate surface area is 95.3 Å². The summed E-state index contributed by atoms with van der Waals surface area (Å²) in [7, 11) is 0. The van der Waals surface area contributed by atoms with Gasteiger partial charge in [0.15, 0.2) is 5.43 Å². The molecule has 5 heteroatoms. The van der Waals surface area contributed by atoms with Gasteiger partial charge in [0.1, 0.15) is 11.4 Å². The minimum Gasteiger partial charge on any atom is -0.481 e. The van der Waals surface area contributed by atoms with E-state index in [4.69, 9.17) is 9.52 Å². The molecule has 2 aromatic rings. The van der Waals surface area contributed by atoms with E-state index in [1.54, 1.807) is 0 Å². The van der Waals surface area contributed by atoms with Gasteiger partial charge in [-0.15, -0.1) is 0 Å². The first-order chi connectivity index (χ1) is 8.08. The molecule has 88 valence electrons. The summed E-state index contributed by atoms with van der Waals surface area (Å²) >= 11 is 0. The van der Waals surface area contributed by atoms with Crippen LogP contribution in [0.1, 0.15) is 12.0 Å². The fourth-order valence-corrected chi connectivity index (χ4v) is 1.56. The first kappa shape index (κ1) is 11.3. The van der Waals surface area contributed by atoms with Crippen LogP contribution >= 0.6 is 0 Å². The zero-order valence-corrected chi connectivity index (χ0v) is 8.77. The summed E-state index contributed by atoms with van der Waals surface area (Å²) in [6, 6.07) is 3.62. The third-order valence-electron chi connectivity index (χ3n) is 2.42. The van der Waals surface area contributed by atoms with Crippen molar-refractivity contribution in [3.8, 4) is 0 Å². The molecule has 1 heterocycles. The van der Waals surface area contributed by atoms with E-state index in [-0.39, 0.29) is 34.8 Å². The van der Waals surface area contributed by atoms with E-state index in [2.05, 4.69) is 0 Å². The minimum absolute atomic E-state index is 0.102. The molecule has 0 fully saturated rings. The zero-order chi connectivity index (χ0) is 12.4. The molecule has 1 aromatic heterocycles. The fraction of sp³-hybridized carbons (Fsp3) is 0.167. The molecule has 2 rings (SSSR count). The molecule has 0 saturated carbocycles. The molecule has 0 atom stereocenters. The maximum Gasteiger partial charge on any atom is 0.303 e. The first-order valence-corrected chi connectivity index (χ1v) is 4.99. The zero-order valence-electron chi connectivity index (χ0n) is 8.77. The molecular weight excluding hydrogens is 227 g/mol. The van der Waals surface area contributed by atoms with Gasteiger partial charge in [0.05, 0.1) is 11.6 Å². The number of rotatable bonds is 3. The Morgan fingerprint density at radius 2 is 2.18 bits per heavy atom. The van der Waals surface area contributed by atoms with E-state index < -0.39 is 11.8 Å². The molecular formula is C12H9FO4. The highest BCUT2D eigenvalue weighted by Crippen LogP contribution is 2.13. The first-order valence-electron chi connectivity index (χ1n) is 4.99. The molecule has 0 aliphatic carbocycles. The molecule has 0 aliphatic heterocycles. The van der Waals surface area contributed by atoms with E-state index in [0.29, 0.717) is 0 Å². The summed E-state index contributed by atoms with van der Waals surface area (Å²) in [6.45, 7) is 0. The number of fused-ring (bicyclic) bond motifs is 1. The average Bonchev–Trinajstić information content (AvgIpc) is 2.27. The molecule has 0 saturated heterocycles. The van der Waals surface area contributed by atoms with E-state index >= 15 is 0 Å². The number of carboxylic acid groups (broad SMARTS) is 1. The lowest BCUT2D eigenvalue weighted by Crippen LogP contribution is -2.10. The second kappa shape index (κ2) is 4.37. The highest BCUT2D eigenvalue weighted by molar-refractivity contribution is 5.77. The smallest absolute Gasteiger partial charge is 0.303 e. The van der Waals surface area contributed by atoms with Crippen molar-refractivity contribution in [1.29, 1.82) is 0 Å². The van der Waals surface area contributed by atoms with Crippen molar-refractivity contribution in [1.82, 2.24) is 0 Å². The third-order valence-corrected chi connectivity index (χ3v) is 2.42. The highest BCUT2D eigenvalue weighted by atomic mass is 19.1. The van der Waals surface area contributed by atoms with Gasteiger partial charge < -0.3 is 9.52 Å². The van der Waals surface area contributed by atoms with E-state index in [9.17, 15) is 14.0 Å². The Balaban J connectivity index is 2.47. The SMILES string of the molecule is O=C(O)CCc1coc2cc(F)ccc2c1=O. The standard InChI is InChI=1S/C12H9FO4/c13-8-2-3-9-10(5-8)17-6-7(12(9)16)1-4-11(14)15/h2-3,5-6H,1,4H2,(H,14,15). The normalized spacial score (nSPS) is 10.6. The van der Waals surface area contributed by atoms with Crippen LogP contribution in [0.4, 0.5) is 4.39 Å². The Kier molecular flexibility index (Phi) is 2.91.